The molecule has 0 heterocycles. The summed E-state index contributed by atoms with van der Waals surface area (Å²) in [4.78, 5) is 0.983. The van der Waals surface area contributed by atoms with Crippen LogP contribution in [0.3, 0.4) is 0 Å². The summed E-state index contributed by atoms with van der Waals surface area (Å²) in [7, 11) is 0. The Morgan fingerprint density at radius 2 is 2.07 bits per heavy atom. The highest BCUT2D eigenvalue weighted by atomic mass is 32.2. The number of aliphatic hydroxyl groups excluding tert-OH is 1. The smallest absolute Gasteiger partial charge is 0.115 e. The predicted octanol–water partition coefficient (Wildman–Crippen LogP) is 1.49. The summed E-state index contributed by atoms with van der Waals surface area (Å²) in [6.07, 6.45) is 1.31. The molecule has 2 unspecified atom stereocenters. The Hall–Kier alpha value is -0.710. The highest BCUT2D eigenvalue weighted by Crippen LogP contribution is 2.29. The van der Waals surface area contributed by atoms with E-state index in [-0.39, 0.29) is 5.75 Å². The highest BCUT2D eigenvalue weighted by molar-refractivity contribution is 7.98. The molecule has 1 rings (SSSR count). The Balaban J connectivity index is 3.10. The lowest BCUT2D eigenvalue weighted by molar-refractivity contribution is 0.163. The number of hydrogen-bond acceptors (Lipinski definition) is 4. The maximum absolute atomic E-state index is 9.37. The summed E-state index contributed by atoms with van der Waals surface area (Å²) < 4.78 is 0. The van der Waals surface area contributed by atoms with Crippen LogP contribution in [0.2, 0.25) is 0 Å². The topological polar surface area (TPSA) is 66.5 Å². The van der Waals surface area contributed by atoms with E-state index in [1.165, 1.54) is 0 Å². The van der Waals surface area contributed by atoms with Crippen molar-refractivity contribution in [2.24, 2.45) is 5.73 Å². The Labute approximate surface area is 87.9 Å². The molecule has 0 aliphatic heterocycles. The number of aliphatic hydroxyl groups is 1. The predicted molar refractivity (Wildman–Crippen MR) is 58.5 cm³/mol. The molecule has 0 saturated heterocycles. The Kier molecular flexibility index (Phi) is 3.80. The molecular weight excluding hydrogens is 198 g/mol. The van der Waals surface area contributed by atoms with Crippen LogP contribution < -0.4 is 5.73 Å². The van der Waals surface area contributed by atoms with E-state index in [2.05, 4.69) is 0 Å². The lowest BCUT2D eigenvalue weighted by atomic mass is 10.0. The average molecular weight is 213 g/mol. The van der Waals surface area contributed by atoms with Crippen molar-refractivity contribution < 1.29 is 10.2 Å². The molecule has 0 saturated carbocycles. The largest absolute Gasteiger partial charge is 0.508 e. The van der Waals surface area contributed by atoms with Crippen LogP contribution in [0.1, 0.15) is 18.5 Å². The van der Waals surface area contributed by atoms with Gasteiger partial charge in [0.25, 0.3) is 0 Å². The fraction of sp³-hybridized carbons (Fsp3) is 0.400. The molecule has 78 valence electrons. The molecule has 4 N–H and O–H groups in total. The second-order valence-corrected chi connectivity index (χ2v) is 4.04. The first-order chi connectivity index (χ1) is 6.56. The number of aromatic hydroxyl groups is 1. The minimum atomic E-state index is -0.623. The minimum Gasteiger partial charge on any atom is -0.508 e. The van der Waals surface area contributed by atoms with Crippen LogP contribution in [-0.4, -0.2) is 22.6 Å². The zero-order valence-electron chi connectivity index (χ0n) is 8.27. The van der Waals surface area contributed by atoms with Gasteiger partial charge in [-0.3, -0.25) is 0 Å². The monoisotopic (exact) mass is 213 g/mol. The normalized spacial score (nSPS) is 15.1. The molecule has 0 amide bonds. The maximum atomic E-state index is 9.37. The molecule has 14 heavy (non-hydrogen) atoms. The molecule has 1 aromatic rings. The lowest BCUT2D eigenvalue weighted by Gasteiger charge is -2.18. The SMILES string of the molecule is CSc1ccc(O)cc1C(N)C(C)O. The van der Waals surface area contributed by atoms with E-state index < -0.39 is 12.1 Å². The van der Waals surface area contributed by atoms with Crippen LogP contribution in [0.15, 0.2) is 23.1 Å². The van der Waals surface area contributed by atoms with E-state index in [0.717, 1.165) is 10.5 Å². The number of hydrogen-bond donors (Lipinski definition) is 3. The number of benzene rings is 1. The third-order valence-electron chi connectivity index (χ3n) is 2.09. The van der Waals surface area contributed by atoms with Gasteiger partial charge >= 0.3 is 0 Å². The zero-order valence-corrected chi connectivity index (χ0v) is 9.08. The second kappa shape index (κ2) is 4.68. The molecule has 0 aromatic heterocycles. The average Bonchev–Trinajstić information content (AvgIpc) is 2.16. The summed E-state index contributed by atoms with van der Waals surface area (Å²) in [6, 6.07) is 4.56. The number of phenolic OH excluding ortho intramolecular Hbond substituents is 1. The van der Waals surface area contributed by atoms with Gasteiger partial charge in [0.05, 0.1) is 12.1 Å². The number of nitrogens with two attached hydrogens (primary N) is 1. The molecule has 0 fully saturated rings. The van der Waals surface area contributed by atoms with Crippen molar-refractivity contribution in [2.75, 3.05) is 6.26 Å². The third kappa shape index (κ3) is 2.41. The number of rotatable bonds is 3. The Morgan fingerprint density at radius 3 is 2.57 bits per heavy atom. The zero-order chi connectivity index (χ0) is 10.7. The van der Waals surface area contributed by atoms with Crippen LogP contribution in [0, 0.1) is 0 Å². The van der Waals surface area contributed by atoms with Gasteiger partial charge in [0.15, 0.2) is 0 Å². The number of phenols is 1. The molecule has 0 spiro atoms. The van der Waals surface area contributed by atoms with Gasteiger partial charge in [0.1, 0.15) is 5.75 Å². The van der Waals surface area contributed by atoms with Crippen LogP contribution >= 0.6 is 11.8 Å². The quantitative estimate of drug-likeness (QED) is 0.666. The molecule has 0 aliphatic rings. The van der Waals surface area contributed by atoms with Crippen LogP contribution in [-0.2, 0) is 0 Å². The summed E-state index contributed by atoms with van der Waals surface area (Å²) in [5, 5.41) is 18.7. The summed E-state index contributed by atoms with van der Waals surface area (Å²) in [5.74, 6) is 0.175. The maximum Gasteiger partial charge on any atom is 0.115 e. The van der Waals surface area contributed by atoms with Gasteiger partial charge in [0, 0.05) is 4.90 Å². The molecular formula is C10H15NO2S. The van der Waals surface area contributed by atoms with Crippen molar-refractivity contribution in [3.8, 4) is 5.75 Å². The van der Waals surface area contributed by atoms with Gasteiger partial charge in [-0.1, -0.05) is 0 Å². The van der Waals surface area contributed by atoms with Crippen molar-refractivity contribution >= 4 is 11.8 Å². The first-order valence-corrected chi connectivity index (χ1v) is 5.59. The van der Waals surface area contributed by atoms with Gasteiger partial charge in [0.2, 0.25) is 0 Å². The van der Waals surface area contributed by atoms with Gasteiger partial charge in [-0.25, -0.2) is 0 Å². The Bertz CT molecular complexity index is 315. The van der Waals surface area contributed by atoms with Gasteiger partial charge in [-0.05, 0) is 36.9 Å². The van der Waals surface area contributed by atoms with Crippen molar-refractivity contribution in [1.29, 1.82) is 0 Å². The molecule has 0 aliphatic carbocycles. The first-order valence-electron chi connectivity index (χ1n) is 4.36. The van der Waals surface area contributed by atoms with Crippen LogP contribution in [0.25, 0.3) is 0 Å². The number of thioether (sulfide) groups is 1. The molecule has 0 radical (unpaired) electrons. The Morgan fingerprint density at radius 1 is 1.43 bits per heavy atom. The first kappa shape index (κ1) is 11.4. The van der Waals surface area contributed by atoms with Gasteiger partial charge in [-0.2, -0.15) is 0 Å². The molecule has 2 atom stereocenters. The molecule has 0 bridgehead atoms. The van der Waals surface area contributed by atoms with Gasteiger partial charge in [-0.15, -0.1) is 11.8 Å². The summed E-state index contributed by atoms with van der Waals surface area (Å²) >= 11 is 1.55. The van der Waals surface area contributed by atoms with E-state index in [4.69, 9.17) is 5.73 Å². The van der Waals surface area contributed by atoms with E-state index in [1.807, 2.05) is 6.26 Å². The lowest BCUT2D eigenvalue weighted by Crippen LogP contribution is -2.23. The van der Waals surface area contributed by atoms with Crippen molar-refractivity contribution in [1.82, 2.24) is 0 Å². The molecule has 3 nitrogen and oxygen atoms in total. The molecule has 1 aromatic carbocycles. The standard InChI is InChI=1S/C10H15NO2S/c1-6(12)10(11)8-5-7(13)3-4-9(8)14-2/h3-6,10,12-13H,11H2,1-2H3. The summed E-state index contributed by atoms with van der Waals surface area (Å²) in [5.41, 5.74) is 6.59. The minimum absolute atomic E-state index is 0.175. The fourth-order valence-electron chi connectivity index (χ4n) is 1.24. The van der Waals surface area contributed by atoms with Crippen molar-refractivity contribution in [3.05, 3.63) is 23.8 Å². The van der Waals surface area contributed by atoms with Crippen LogP contribution in [0.5, 0.6) is 5.75 Å². The second-order valence-electron chi connectivity index (χ2n) is 3.19. The van der Waals surface area contributed by atoms with Crippen molar-refractivity contribution in [3.63, 3.8) is 0 Å². The van der Waals surface area contributed by atoms with Crippen LogP contribution in [0.4, 0.5) is 0 Å². The van der Waals surface area contributed by atoms with E-state index in [9.17, 15) is 10.2 Å². The van der Waals surface area contributed by atoms with E-state index in [0.29, 0.717) is 0 Å². The summed E-state index contributed by atoms with van der Waals surface area (Å²) in [6.45, 7) is 1.64. The van der Waals surface area contributed by atoms with E-state index >= 15 is 0 Å². The highest BCUT2D eigenvalue weighted by Gasteiger charge is 2.16. The van der Waals surface area contributed by atoms with E-state index in [1.54, 1.807) is 36.9 Å². The van der Waals surface area contributed by atoms with Gasteiger partial charge < -0.3 is 15.9 Å². The van der Waals surface area contributed by atoms with Crippen molar-refractivity contribution in [2.45, 2.75) is 24.0 Å². The molecule has 4 heteroatoms. The fourth-order valence-corrected chi connectivity index (χ4v) is 1.88. The third-order valence-corrected chi connectivity index (χ3v) is 2.90.